The van der Waals surface area contributed by atoms with E-state index in [9.17, 15) is 14.8 Å². The Labute approximate surface area is 207 Å². The van der Waals surface area contributed by atoms with Crippen LogP contribution in [0.4, 0.5) is 9.59 Å². The molecule has 4 amide bonds. The highest BCUT2D eigenvalue weighted by atomic mass is 16.7. The minimum Gasteiger partial charge on any atom is -0.454 e. The molecule has 2 aliphatic heterocycles. The predicted octanol–water partition coefficient (Wildman–Crippen LogP) is 4.82. The Balaban J connectivity index is 1.40. The van der Waals surface area contributed by atoms with Crippen molar-refractivity contribution in [2.75, 3.05) is 6.79 Å². The highest BCUT2D eigenvalue weighted by Crippen LogP contribution is 2.41. The first-order chi connectivity index (χ1) is 16.9. The first-order valence-electron chi connectivity index (χ1n) is 13.1. The van der Waals surface area contributed by atoms with E-state index in [0.29, 0.717) is 18.0 Å². The summed E-state index contributed by atoms with van der Waals surface area (Å²) >= 11 is 0. The van der Waals surface area contributed by atoms with Gasteiger partial charge in [-0.15, -0.1) is 0 Å². The van der Waals surface area contributed by atoms with E-state index < -0.39 is 17.7 Å². The van der Waals surface area contributed by atoms with Gasteiger partial charge in [0.15, 0.2) is 17.7 Å². The molecule has 0 unspecified atom stereocenters. The number of nitrogens with one attached hydrogen (secondary N) is 1. The summed E-state index contributed by atoms with van der Waals surface area (Å²) in [6, 6.07) is 5.09. The number of fused-ring (bicyclic) bond motifs is 1. The lowest BCUT2D eigenvalue weighted by molar-refractivity contribution is -0.141. The van der Waals surface area contributed by atoms with Gasteiger partial charge in [0.05, 0.1) is 5.54 Å². The van der Waals surface area contributed by atoms with Crippen LogP contribution in [-0.4, -0.2) is 62.7 Å². The van der Waals surface area contributed by atoms with Crippen molar-refractivity contribution in [3.63, 3.8) is 0 Å². The fourth-order valence-corrected chi connectivity index (χ4v) is 6.19. The van der Waals surface area contributed by atoms with Crippen LogP contribution in [0, 0.1) is 0 Å². The number of rotatable bonds is 5. The second kappa shape index (κ2) is 9.76. The van der Waals surface area contributed by atoms with Crippen molar-refractivity contribution in [2.45, 2.75) is 108 Å². The molecule has 35 heavy (non-hydrogen) atoms. The van der Waals surface area contributed by atoms with Gasteiger partial charge in [0.1, 0.15) is 0 Å². The third-order valence-electron chi connectivity index (χ3n) is 8.16. The number of hydrogen-bond donors (Lipinski definition) is 2. The molecule has 0 spiro atoms. The summed E-state index contributed by atoms with van der Waals surface area (Å²) in [5, 5.41) is 15.1. The van der Waals surface area contributed by atoms with Crippen LogP contribution in [0.25, 0.3) is 0 Å². The van der Waals surface area contributed by atoms with Gasteiger partial charge in [0, 0.05) is 18.6 Å². The number of nitrogens with zero attached hydrogens (tertiary/aromatic N) is 3. The normalized spacial score (nSPS) is 24.7. The number of hydroxylamine groups is 2. The summed E-state index contributed by atoms with van der Waals surface area (Å²) in [5.74, 6) is 1.37. The van der Waals surface area contributed by atoms with Gasteiger partial charge in [-0.3, -0.25) is 10.1 Å². The average Bonchev–Trinajstić information content (AvgIpc) is 3.40. The molecule has 2 saturated carbocycles. The fraction of sp³-hybridized carbons (Fsp3) is 0.692. The molecule has 1 aromatic rings. The van der Waals surface area contributed by atoms with Crippen molar-refractivity contribution in [1.82, 2.24) is 20.2 Å². The van der Waals surface area contributed by atoms with Gasteiger partial charge in [0.25, 0.3) is 0 Å². The van der Waals surface area contributed by atoms with E-state index in [2.05, 4.69) is 5.32 Å². The molecule has 3 fully saturated rings. The zero-order valence-corrected chi connectivity index (χ0v) is 20.9. The Morgan fingerprint density at radius 1 is 1.06 bits per heavy atom. The SMILES string of the molecule is CC1(C)[C@@H](N(O)C(=O)NC2CCCCC2)N(C2CCCCC2)C(=O)N1Cc1ccc2c(c1)OCO2. The minimum atomic E-state index is -0.816. The van der Waals surface area contributed by atoms with E-state index in [1.54, 1.807) is 9.80 Å². The number of amides is 4. The maximum absolute atomic E-state index is 13.9. The highest BCUT2D eigenvalue weighted by Gasteiger charge is 2.57. The summed E-state index contributed by atoms with van der Waals surface area (Å²) in [4.78, 5) is 30.7. The fourth-order valence-electron chi connectivity index (χ4n) is 6.19. The van der Waals surface area contributed by atoms with Crippen LogP contribution in [0.2, 0.25) is 0 Å². The molecular formula is C26H38N4O5. The van der Waals surface area contributed by atoms with E-state index >= 15 is 0 Å². The largest absolute Gasteiger partial charge is 0.454 e. The van der Waals surface area contributed by atoms with E-state index in [0.717, 1.165) is 68.4 Å². The third-order valence-corrected chi connectivity index (χ3v) is 8.16. The molecule has 9 heteroatoms. The number of ether oxygens (including phenoxy) is 2. The van der Waals surface area contributed by atoms with Crippen molar-refractivity contribution in [3.05, 3.63) is 23.8 Å². The Morgan fingerprint density at radius 3 is 2.43 bits per heavy atom. The van der Waals surface area contributed by atoms with Crippen molar-refractivity contribution in [1.29, 1.82) is 0 Å². The lowest BCUT2D eigenvalue weighted by Gasteiger charge is -2.41. The number of carbonyl (C=O) groups excluding carboxylic acids is 2. The smallest absolute Gasteiger partial charge is 0.343 e. The van der Waals surface area contributed by atoms with Gasteiger partial charge < -0.3 is 19.7 Å². The lowest BCUT2D eigenvalue weighted by atomic mass is 9.92. The van der Waals surface area contributed by atoms with Crippen molar-refractivity contribution in [2.24, 2.45) is 0 Å². The molecule has 5 rings (SSSR count). The van der Waals surface area contributed by atoms with Crippen LogP contribution in [0.15, 0.2) is 18.2 Å². The zero-order chi connectivity index (χ0) is 24.6. The van der Waals surface area contributed by atoms with Crippen molar-refractivity contribution in [3.8, 4) is 11.5 Å². The molecule has 1 aromatic carbocycles. The molecule has 0 aromatic heterocycles. The first kappa shape index (κ1) is 24.0. The van der Waals surface area contributed by atoms with Gasteiger partial charge in [-0.1, -0.05) is 44.6 Å². The topological polar surface area (TPSA) is 94.6 Å². The maximum Gasteiger partial charge on any atom is 0.343 e. The monoisotopic (exact) mass is 486 g/mol. The quantitative estimate of drug-likeness (QED) is 0.460. The summed E-state index contributed by atoms with van der Waals surface area (Å²) in [7, 11) is 0. The third kappa shape index (κ3) is 4.62. The van der Waals surface area contributed by atoms with E-state index in [1.165, 1.54) is 6.42 Å². The van der Waals surface area contributed by atoms with Gasteiger partial charge in [-0.25, -0.2) is 9.59 Å². The minimum absolute atomic E-state index is 0.000547. The second-order valence-electron chi connectivity index (χ2n) is 10.9. The molecule has 1 saturated heterocycles. The van der Waals surface area contributed by atoms with Crippen molar-refractivity contribution < 1.29 is 24.3 Å². The first-order valence-corrected chi connectivity index (χ1v) is 13.1. The number of urea groups is 2. The number of benzene rings is 1. The highest BCUT2D eigenvalue weighted by molar-refractivity contribution is 5.81. The molecule has 0 bridgehead atoms. The van der Waals surface area contributed by atoms with Gasteiger partial charge >= 0.3 is 12.1 Å². The molecule has 2 heterocycles. The van der Waals surface area contributed by atoms with Crippen LogP contribution in [0.1, 0.15) is 83.6 Å². The van der Waals surface area contributed by atoms with Crippen LogP contribution in [0.3, 0.4) is 0 Å². The van der Waals surface area contributed by atoms with E-state index in [4.69, 9.17) is 9.47 Å². The summed E-state index contributed by atoms with van der Waals surface area (Å²) in [6.07, 6.45) is 9.43. The molecule has 0 radical (unpaired) electrons. The van der Waals surface area contributed by atoms with Crippen LogP contribution in [0.5, 0.6) is 11.5 Å². The van der Waals surface area contributed by atoms with Crippen LogP contribution >= 0.6 is 0 Å². The predicted molar refractivity (Wildman–Crippen MR) is 129 cm³/mol. The Hall–Kier alpha value is -2.68. The molecule has 2 N–H and O–H groups in total. The summed E-state index contributed by atoms with van der Waals surface area (Å²) in [6.45, 7) is 4.41. The molecule has 4 aliphatic rings. The van der Waals surface area contributed by atoms with Gasteiger partial charge in [-0.05, 0) is 57.2 Å². The Kier molecular flexibility index (Phi) is 6.70. The average molecular weight is 487 g/mol. The molecule has 2 aliphatic carbocycles. The zero-order valence-electron chi connectivity index (χ0n) is 20.9. The van der Waals surface area contributed by atoms with Crippen LogP contribution in [-0.2, 0) is 6.54 Å². The maximum atomic E-state index is 13.9. The summed E-state index contributed by atoms with van der Waals surface area (Å²) < 4.78 is 10.9. The van der Waals surface area contributed by atoms with E-state index in [-0.39, 0.29) is 24.9 Å². The Bertz CT molecular complexity index is 942. The van der Waals surface area contributed by atoms with Crippen LogP contribution < -0.4 is 14.8 Å². The van der Waals surface area contributed by atoms with E-state index in [1.807, 2.05) is 32.0 Å². The molecule has 9 nitrogen and oxygen atoms in total. The lowest BCUT2D eigenvalue weighted by Crippen LogP contribution is -2.61. The number of hydrogen-bond acceptors (Lipinski definition) is 5. The standard InChI is InChI=1S/C26H38N4O5/c1-26(2)23(30(33)24(31)27-19-9-5-3-6-10-19)29(20-11-7-4-8-12-20)25(32)28(26)16-18-13-14-21-22(15-18)35-17-34-21/h13-15,19-20,23,33H,3-12,16-17H2,1-2H3,(H,27,31)/t23-/m1/s1. The second-order valence-corrected chi connectivity index (χ2v) is 10.9. The molecular weight excluding hydrogens is 448 g/mol. The Morgan fingerprint density at radius 2 is 1.71 bits per heavy atom. The van der Waals surface area contributed by atoms with Crippen molar-refractivity contribution >= 4 is 12.1 Å². The molecule has 192 valence electrons. The number of carbonyl (C=O) groups is 2. The van der Waals surface area contributed by atoms with Gasteiger partial charge in [-0.2, -0.15) is 5.06 Å². The van der Waals surface area contributed by atoms with Gasteiger partial charge in [0.2, 0.25) is 6.79 Å². The summed E-state index contributed by atoms with van der Waals surface area (Å²) in [5.41, 5.74) is 0.0971. The molecule has 1 atom stereocenters.